The van der Waals surface area contributed by atoms with Crippen molar-refractivity contribution in [3.05, 3.63) is 146 Å². The molecule has 4 heterocycles. The monoisotopic (exact) mass is 776 g/mol. The molecule has 270 valence electrons. The van der Waals surface area contributed by atoms with Gasteiger partial charge in [-0.1, -0.05) is 91.0 Å². The molecular weight excluding hydrogens is 750 g/mol. The van der Waals surface area contributed by atoms with E-state index >= 15 is 0 Å². The minimum absolute atomic E-state index is 0.264. The summed E-state index contributed by atoms with van der Waals surface area (Å²) in [5, 5.41) is 3.71. The Morgan fingerprint density at radius 1 is 0.375 bits per heavy atom. The summed E-state index contributed by atoms with van der Waals surface area (Å²) in [6.45, 7) is 0. The highest BCUT2D eigenvalue weighted by Gasteiger charge is 2.17. The predicted molar refractivity (Wildman–Crippen MR) is 212 cm³/mol. The zero-order valence-electron chi connectivity index (χ0n) is 28.9. The maximum Gasteiger partial charge on any atom is 0.735 e. The quantitative estimate of drug-likeness (QED) is 0.0586. The standard InChI is InChI=1S/C42H24N4O8P2/c47-55(48)53-51-33-8-2-6-31(23-33)37-20-16-27-12-10-25-14-18-35(43-39(25)41(27)45-37)29-4-1-5-30(22-29)36-19-15-26-11-13-28-17-21-38(46-42(28)40(26)44-36)32-7-3-9-34(24-32)52-54-56(49)50/h1-24H/p+2. The van der Waals surface area contributed by atoms with E-state index in [2.05, 4.69) is 15.4 Å². The molecule has 56 heavy (non-hydrogen) atoms. The summed E-state index contributed by atoms with van der Waals surface area (Å²) in [4.78, 5) is 48.1. The van der Waals surface area contributed by atoms with Gasteiger partial charge >= 0.3 is 16.5 Å². The van der Waals surface area contributed by atoms with Gasteiger partial charge in [0.2, 0.25) is 0 Å². The molecular formula is C42H26N4O8P2+2. The van der Waals surface area contributed by atoms with E-state index in [-0.39, 0.29) is 11.5 Å². The third-order valence-corrected chi connectivity index (χ3v) is 9.55. The molecule has 0 fully saturated rings. The summed E-state index contributed by atoms with van der Waals surface area (Å²) in [6, 6.07) is 45.8. The Hall–Kier alpha value is -6.62. The van der Waals surface area contributed by atoms with Crippen LogP contribution in [0.4, 0.5) is 0 Å². The summed E-state index contributed by atoms with van der Waals surface area (Å²) in [7, 11) is -5.83. The second kappa shape index (κ2) is 14.9. The summed E-state index contributed by atoms with van der Waals surface area (Å²) in [5.74, 6) is 0.527. The van der Waals surface area contributed by atoms with E-state index < -0.39 is 16.5 Å². The van der Waals surface area contributed by atoms with Crippen LogP contribution in [0.2, 0.25) is 0 Å². The van der Waals surface area contributed by atoms with Crippen LogP contribution in [0.15, 0.2) is 146 Å². The molecule has 2 unspecified atom stereocenters. The number of hydrogen-bond acceptors (Lipinski definition) is 10. The van der Waals surface area contributed by atoms with Crippen LogP contribution < -0.4 is 9.78 Å². The van der Waals surface area contributed by atoms with Crippen molar-refractivity contribution in [1.82, 2.24) is 19.9 Å². The lowest BCUT2D eigenvalue weighted by Gasteiger charge is -2.10. The molecule has 5 aromatic carbocycles. The van der Waals surface area contributed by atoms with Crippen molar-refractivity contribution in [1.29, 1.82) is 0 Å². The van der Waals surface area contributed by atoms with Crippen molar-refractivity contribution in [3.8, 4) is 56.5 Å². The Bertz CT molecular complexity index is 2840. The zero-order chi connectivity index (χ0) is 38.2. The van der Waals surface area contributed by atoms with E-state index in [1.165, 1.54) is 0 Å². The van der Waals surface area contributed by atoms with Crippen molar-refractivity contribution in [2.24, 2.45) is 0 Å². The number of nitrogens with zero attached hydrogens (tertiary/aromatic N) is 4. The van der Waals surface area contributed by atoms with Crippen LogP contribution in [0.5, 0.6) is 11.5 Å². The molecule has 2 atom stereocenters. The smallest absolute Gasteiger partial charge is 0.291 e. The predicted octanol–water partition coefficient (Wildman–Crippen LogP) is 10.5. The number of fused-ring (bicyclic) bond motifs is 6. The number of aromatic nitrogens is 4. The molecule has 0 aliphatic heterocycles. The van der Waals surface area contributed by atoms with Crippen LogP contribution in [0.3, 0.4) is 0 Å². The maximum absolute atomic E-state index is 11.0. The number of hydrogen-bond donors (Lipinski definition) is 2. The van der Waals surface area contributed by atoms with Gasteiger partial charge < -0.3 is 0 Å². The van der Waals surface area contributed by atoms with Gasteiger partial charge in [-0.15, -0.1) is 9.79 Å². The van der Waals surface area contributed by atoms with E-state index in [1.807, 2.05) is 103 Å². The highest BCUT2D eigenvalue weighted by atomic mass is 31.1. The van der Waals surface area contributed by atoms with Crippen LogP contribution in [0, 0.1) is 0 Å². The lowest BCUT2D eigenvalue weighted by molar-refractivity contribution is -0.101. The third kappa shape index (κ3) is 7.15. The minimum Gasteiger partial charge on any atom is -0.291 e. The van der Waals surface area contributed by atoms with Gasteiger partial charge in [0.25, 0.3) is 0 Å². The molecule has 0 aliphatic rings. The Morgan fingerprint density at radius 2 is 0.661 bits per heavy atom. The molecule has 12 nitrogen and oxygen atoms in total. The first-order valence-electron chi connectivity index (χ1n) is 17.1. The van der Waals surface area contributed by atoms with Crippen molar-refractivity contribution in [2.45, 2.75) is 0 Å². The van der Waals surface area contributed by atoms with Gasteiger partial charge in [-0.3, -0.25) is 9.78 Å². The van der Waals surface area contributed by atoms with Gasteiger partial charge in [-0.2, -0.15) is 0 Å². The molecule has 0 radical (unpaired) electrons. The van der Waals surface area contributed by atoms with Gasteiger partial charge in [0.05, 0.1) is 44.8 Å². The van der Waals surface area contributed by atoms with E-state index in [0.29, 0.717) is 11.4 Å². The second-order valence-corrected chi connectivity index (χ2v) is 13.9. The van der Waals surface area contributed by atoms with Crippen LogP contribution >= 0.6 is 16.5 Å². The first kappa shape index (κ1) is 35.1. The van der Waals surface area contributed by atoms with Crippen LogP contribution in [-0.2, 0) is 18.5 Å². The van der Waals surface area contributed by atoms with Gasteiger partial charge in [-0.25, -0.2) is 19.9 Å². The van der Waals surface area contributed by atoms with Crippen molar-refractivity contribution in [3.63, 3.8) is 0 Å². The Kier molecular flexibility index (Phi) is 9.34. The van der Waals surface area contributed by atoms with Gasteiger partial charge in [0.1, 0.15) is 9.35 Å². The van der Waals surface area contributed by atoms with Gasteiger partial charge in [0.15, 0.2) is 11.5 Å². The topological polar surface area (TPSA) is 163 Å². The van der Waals surface area contributed by atoms with Crippen LogP contribution in [-0.4, -0.2) is 29.7 Å². The van der Waals surface area contributed by atoms with Gasteiger partial charge in [0, 0.05) is 52.9 Å². The summed E-state index contributed by atoms with van der Waals surface area (Å²) >= 11 is 0. The molecule has 9 rings (SSSR count). The second-order valence-electron chi connectivity index (χ2n) is 12.6. The molecule has 0 amide bonds. The van der Waals surface area contributed by atoms with Crippen LogP contribution in [0.1, 0.15) is 0 Å². The lowest BCUT2D eigenvalue weighted by Crippen LogP contribution is -1.93. The summed E-state index contributed by atoms with van der Waals surface area (Å²) in [5.41, 5.74) is 9.09. The fourth-order valence-electron chi connectivity index (χ4n) is 6.58. The lowest BCUT2D eigenvalue weighted by atomic mass is 10.0. The fourth-order valence-corrected chi connectivity index (χ4v) is 6.88. The largest absolute Gasteiger partial charge is 0.735 e. The molecule has 0 aliphatic carbocycles. The molecule has 14 heteroatoms. The third-order valence-electron chi connectivity index (χ3n) is 9.15. The number of rotatable bonds is 10. The van der Waals surface area contributed by atoms with E-state index in [1.54, 1.807) is 36.4 Å². The Morgan fingerprint density at radius 3 is 0.982 bits per heavy atom. The average molecular weight is 777 g/mol. The molecule has 0 saturated heterocycles. The van der Waals surface area contributed by atoms with E-state index in [4.69, 9.17) is 39.5 Å². The van der Waals surface area contributed by atoms with Crippen molar-refractivity contribution in [2.75, 3.05) is 0 Å². The molecule has 0 bridgehead atoms. The van der Waals surface area contributed by atoms with E-state index in [0.717, 1.165) is 77.3 Å². The van der Waals surface area contributed by atoms with Crippen LogP contribution in [0.25, 0.3) is 88.6 Å². The molecule has 0 saturated carbocycles. The molecule has 4 aromatic heterocycles. The van der Waals surface area contributed by atoms with E-state index in [9.17, 15) is 9.13 Å². The maximum atomic E-state index is 11.0. The number of pyridine rings is 4. The minimum atomic E-state index is -2.91. The molecule has 2 N–H and O–H groups in total. The zero-order valence-corrected chi connectivity index (χ0v) is 30.7. The number of benzene rings is 5. The first-order valence-corrected chi connectivity index (χ1v) is 19.3. The van der Waals surface area contributed by atoms with Crippen molar-refractivity contribution >= 4 is 60.1 Å². The average Bonchev–Trinajstić information content (AvgIpc) is 3.24. The first-order chi connectivity index (χ1) is 27.3. The van der Waals surface area contributed by atoms with Gasteiger partial charge in [-0.05, 0) is 54.6 Å². The highest BCUT2D eigenvalue weighted by Crippen LogP contribution is 2.34. The highest BCUT2D eigenvalue weighted by molar-refractivity contribution is 7.32. The normalized spacial score (nSPS) is 12.0. The SMILES string of the molecule is O=[P+](O)OOc1cccc(-c2ccc3ccc4ccc(-c5cccc(-c6ccc7ccc8ccc(-c9cccc(OO[P+](=O)O)c9)nc8c7n6)c5)nc4c3n2)c1. The molecule has 9 aromatic rings. The molecule has 0 spiro atoms. The fraction of sp³-hybridized carbons (Fsp3) is 0. The summed E-state index contributed by atoms with van der Waals surface area (Å²) in [6.07, 6.45) is 0. The Balaban J connectivity index is 1.07. The summed E-state index contributed by atoms with van der Waals surface area (Å²) < 4.78 is 30.7. The Labute approximate surface area is 319 Å². The van der Waals surface area contributed by atoms with Crippen molar-refractivity contribution < 1.29 is 38.0 Å².